The highest BCUT2D eigenvalue weighted by Crippen LogP contribution is 2.37. The number of fused-ring (bicyclic) bond motifs is 1. The molecule has 0 aliphatic carbocycles. The largest absolute Gasteiger partial charge is 0.477 e. The Morgan fingerprint density at radius 3 is 3.00 bits per heavy atom. The molecule has 0 spiro atoms. The van der Waals surface area contributed by atoms with Crippen molar-refractivity contribution in [3.63, 3.8) is 0 Å². The lowest BCUT2D eigenvalue weighted by atomic mass is 10.1. The van der Waals surface area contributed by atoms with Crippen molar-refractivity contribution >= 4 is 55.0 Å². The lowest BCUT2D eigenvalue weighted by molar-refractivity contribution is 0.144. The summed E-state index contributed by atoms with van der Waals surface area (Å²) in [7, 11) is -2.37. The molecule has 1 aromatic carbocycles. The number of anilines is 3. The molecule has 3 aromatic rings. The van der Waals surface area contributed by atoms with Gasteiger partial charge in [-0.2, -0.15) is 0 Å². The zero-order chi connectivity index (χ0) is 19.7. The quantitative estimate of drug-likeness (QED) is 0.595. The third-order valence-corrected chi connectivity index (χ3v) is 5.78. The number of rotatable bonds is 6. The van der Waals surface area contributed by atoms with Crippen LogP contribution in [0.1, 0.15) is 12.0 Å². The van der Waals surface area contributed by atoms with Crippen LogP contribution < -0.4 is 14.8 Å². The van der Waals surface area contributed by atoms with Gasteiger partial charge in [0.2, 0.25) is 0 Å². The van der Waals surface area contributed by atoms with Gasteiger partial charge < -0.3 is 19.5 Å². The Morgan fingerprint density at radius 1 is 1.39 bits per heavy atom. The van der Waals surface area contributed by atoms with E-state index in [1.54, 1.807) is 17.6 Å². The van der Waals surface area contributed by atoms with Gasteiger partial charge in [0.1, 0.15) is 18.2 Å². The van der Waals surface area contributed by atoms with Crippen molar-refractivity contribution in [3.8, 4) is 5.06 Å². The molecule has 2 N–H and O–H groups in total. The lowest BCUT2D eigenvalue weighted by Gasteiger charge is -2.15. The molecule has 1 aliphatic rings. The van der Waals surface area contributed by atoms with Gasteiger partial charge in [-0.05, 0) is 41.9 Å². The van der Waals surface area contributed by atoms with Crippen LogP contribution in [0.5, 0.6) is 5.06 Å². The van der Waals surface area contributed by atoms with E-state index in [9.17, 15) is 4.21 Å². The number of aryl methyl sites for hydroxylation is 1. The van der Waals surface area contributed by atoms with E-state index in [0.717, 1.165) is 45.9 Å². The van der Waals surface area contributed by atoms with Crippen molar-refractivity contribution in [1.82, 2.24) is 9.97 Å². The second-order valence-electron chi connectivity index (χ2n) is 6.87. The molecule has 2 unspecified atom stereocenters. The SMILES string of the molecule is C=S(C)(=O)Nc1cc(C)c2c(Nc3ccsc3OC3CCOC3)ncnc2c1. The first-order chi connectivity index (χ1) is 13.4. The average molecular weight is 419 g/mol. The lowest BCUT2D eigenvalue weighted by Crippen LogP contribution is -2.15. The Kier molecular flexibility index (Phi) is 5.13. The summed E-state index contributed by atoms with van der Waals surface area (Å²) >= 11 is 1.54. The highest BCUT2D eigenvalue weighted by Gasteiger charge is 2.20. The predicted octanol–water partition coefficient (Wildman–Crippen LogP) is 3.58. The number of hydrogen-bond donors (Lipinski definition) is 2. The van der Waals surface area contributed by atoms with E-state index in [4.69, 9.17) is 9.47 Å². The van der Waals surface area contributed by atoms with Gasteiger partial charge in [0.15, 0.2) is 5.06 Å². The Bertz CT molecular complexity index is 1110. The number of benzene rings is 1. The molecule has 1 saturated heterocycles. The summed E-state index contributed by atoms with van der Waals surface area (Å²) in [6.45, 7) is 3.33. The topological polar surface area (TPSA) is 85.4 Å². The van der Waals surface area contributed by atoms with Crippen molar-refractivity contribution in [2.75, 3.05) is 29.5 Å². The maximum absolute atomic E-state index is 12.0. The Labute approximate surface area is 168 Å². The van der Waals surface area contributed by atoms with Gasteiger partial charge in [0.05, 0.1) is 24.4 Å². The summed E-state index contributed by atoms with van der Waals surface area (Å²) in [6, 6.07) is 5.75. The van der Waals surface area contributed by atoms with Crippen molar-refractivity contribution in [3.05, 3.63) is 35.5 Å². The fraction of sp³-hybridized carbons (Fsp3) is 0.316. The smallest absolute Gasteiger partial charge is 0.198 e. The van der Waals surface area contributed by atoms with Crippen molar-refractivity contribution < 1.29 is 13.7 Å². The third kappa shape index (κ3) is 4.21. The normalized spacial score (nSPS) is 18.7. The van der Waals surface area contributed by atoms with E-state index >= 15 is 0 Å². The fourth-order valence-corrected chi connectivity index (χ4v) is 4.54. The van der Waals surface area contributed by atoms with Crippen LogP contribution in [-0.4, -0.2) is 45.6 Å². The van der Waals surface area contributed by atoms with Crippen molar-refractivity contribution in [1.29, 1.82) is 0 Å². The minimum atomic E-state index is -2.37. The van der Waals surface area contributed by atoms with Crippen LogP contribution in [0.3, 0.4) is 0 Å². The number of nitrogens with one attached hydrogen (secondary N) is 2. The average Bonchev–Trinajstić information content (AvgIpc) is 3.26. The molecule has 2 atom stereocenters. The molecule has 0 radical (unpaired) electrons. The van der Waals surface area contributed by atoms with Gasteiger partial charge in [-0.3, -0.25) is 0 Å². The van der Waals surface area contributed by atoms with E-state index in [1.165, 1.54) is 6.33 Å². The molecular formula is C19H22N4O3S2. The number of ether oxygens (including phenoxy) is 2. The second-order valence-corrected chi connectivity index (χ2v) is 9.96. The zero-order valence-electron chi connectivity index (χ0n) is 15.7. The fourth-order valence-electron chi connectivity index (χ4n) is 3.16. The van der Waals surface area contributed by atoms with E-state index in [1.807, 2.05) is 30.5 Å². The van der Waals surface area contributed by atoms with Crippen LogP contribution in [0.4, 0.5) is 17.2 Å². The van der Waals surface area contributed by atoms with E-state index in [2.05, 4.69) is 25.9 Å². The summed E-state index contributed by atoms with van der Waals surface area (Å²) < 4.78 is 26.4. The Balaban J connectivity index is 1.65. The van der Waals surface area contributed by atoms with Crippen molar-refractivity contribution in [2.45, 2.75) is 19.4 Å². The minimum absolute atomic E-state index is 0.0864. The molecule has 28 heavy (non-hydrogen) atoms. The third-order valence-electron chi connectivity index (χ3n) is 4.31. The van der Waals surface area contributed by atoms with Crippen LogP contribution in [0, 0.1) is 6.92 Å². The maximum atomic E-state index is 12.0. The van der Waals surface area contributed by atoms with Crippen LogP contribution >= 0.6 is 11.3 Å². The molecule has 9 heteroatoms. The van der Waals surface area contributed by atoms with Gasteiger partial charge >= 0.3 is 0 Å². The molecule has 1 fully saturated rings. The summed E-state index contributed by atoms with van der Waals surface area (Å²) in [5.41, 5.74) is 3.31. The molecule has 3 heterocycles. The Morgan fingerprint density at radius 2 is 2.25 bits per heavy atom. The predicted molar refractivity (Wildman–Crippen MR) is 117 cm³/mol. The molecule has 2 aromatic heterocycles. The van der Waals surface area contributed by atoms with Gasteiger partial charge in [0, 0.05) is 33.5 Å². The minimum Gasteiger partial charge on any atom is -0.477 e. The number of thiophene rings is 1. The van der Waals surface area contributed by atoms with Crippen LogP contribution in [0.2, 0.25) is 0 Å². The van der Waals surface area contributed by atoms with Gasteiger partial charge in [-0.25, -0.2) is 14.2 Å². The summed E-state index contributed by atoms with van der Waals surface area (Å²) in [5.74, 6) is 4.35. The van der Waals surface area contributed by atoms with Crippen molar-refractivity contribution in [2.24, 2.45) is 0 Å². The molecule has 4 rings (SSSR count). The number of hydrogen-bond acceptors (Lipinski definition) is 7. The monoisotopic (exact) mass is 418 g/mol. The van der Waals surface area contributed by atoms with E-state index < -0.39 is 9.71 Å². The van der Waals surface area contributed by atoms with Crippen LogP contribution in [-0.2, 0) is 14.4 Å². The zero-order valence-corrected chi connectivity index (χ0v) is 17.4. The second kappa shape index (κ2) is 7.57. The summed E-state index contributed by atoms with van der Waals surface area (Å²) in [5, 5.41) is 7.09. The highest BCUT2D eigenvalue weighted by atomic mass is 32.2. The van der Waals surface area contributed by atoms with Gasteiger partial charge in [-0.15, -0.1) is 11.3 Å². The molecule has 0 amide bonds. The summed E-state index contributed by atoms with van der Waals surface area (Å²) in [6.07, 6.45) is 4.06. The van der Waals surface area contributed by atoms with Crippen LogP contribution in [0.25, 0.3) is 10.9 Å². The molecule has 1 aliphatic heterocycles. The highest BCUT2D eigenvalue weighted by molar-refractivity contribution is 8.00. The molecule has 0 saturated carbocycles. The van der Waals surface area contributed by atoms with Gasteiger partial charge in [0.25, 0.3) is 0 Å². The maximum Gasteiger partial charge on any atom is 0.198 e. The first-order valence-electron chi connectivity index (χ1n) is 8.83. The number of aromatic nitrogens is 2. The first-order valence-corrected chi connectivity index (χ1v) is 11.8. The van der Waals surface area contributed by atoms with Crippen LogP contribution in [0.15, 0.2) is 29.9 Å². The first kappa shape index (κ1) is 19.0. The Hall–Kier alpha value is -2.36. The standard InChI is InChI=1S/C19H22N4O3S2/c1-12-8-13(23-28(2,3)24)9-16-17(12)18(21-11-20-16)22-15-5-7-27-19(15)26-14-4-6-25-10-14/h5,7-9,11,14H,2,4,6,10H2,1,3H3,(H,23,24)(H,20,21,22). The van der Waals surface area contributed by atoms with Gasteiger partial charge in [-0.1, -0.05) is 0 Å². The molecule has 0 bridgehead atoms. The summed E-state index contributed by atoms with van der Waals surface area (Å²) in [4.78, 5) is 8.81. The van der Waals surface area contributed by atoms with E-state index in [0.29, 0.717) is 12.4 Å². The molecule has 7 nitrogen and oxygen atoms in total. The number of nitrogens with zero attached hydrogens (tertiary/aromatic N) is 2. The molecule has 148 valence electrons. The molecular weight excluding hydrogens is 396 g/mol. The van der Waals surface area contributed by atoms with E-state index in [-0.39, 0.29) is 6.10 Å².